The van der Waals surface area contributed by atoms with E-state index in [0.29, 0.717) is 18.1 Å². The van der Waals surface area contributed by atoms with Gasteiger partial charge >= 0.3 is 0 Å². The van der Waals surface area contributed by atoms with Gasteiger partial charge in [0.2, 0.25) is 0 Å². The summed E-state index contributed by atoms with van der Waals surface area (Å²) in [6.07, 6.45) is 0.619. The van der Waals surface area contributed by atoms with Gasteiger partial charge in [0.15, 0.2) is 0 Å². The predicted molar refractivity (Wildman–Crippen MR) is 62.2 cm³/mol. The van der Waals surface area contributed by atoms with E-state index in [1.165, 1.54) is 0 Å². The summed E-state index contributed by atoms with van der Waals surface area (Å²) >= 11 is 6.08. The van der Waals surface area contributed by atoms with Crippen LogP contribution in [0.2, 0.25) is 5.02 Å². The van der Waals surface area contributed by atoms with Gasteiger partial charge in [0.05, 0.1) is 6.10 Å². The number of aliphatic hydroxyl groups excluding tert-OH is 1. The van der Waals surface area contributed by atoms with E-state index in [2.05, 4.69) is 4.90 Å². The molecule has 0 aliphatic carbocycles. The number of β-amino-alcohol motifs (C(OH)–C–C–N with tert-alkyl or cyclic N) is 1. The monoisotopic (exact) mass is 226 g/mol. The highest BCUT2D eigenvalue weighted by molar-refractivity contribution is 6.31. The summed E-state index contributed by atoms with van der Waals surface area (Å²) in [5, 5.41) is 10.1. The van der Waals surface area contributed by atoms with E-state index in [-0.39, 0.29) is 6.10 Å². The fourth-order valence-corrected chi connectivity index (χ4v) is 2.13. The van der Waals surface area contributed by atoms with Gasteiger partial charge in [0.1, 0.15) is 0 Å². The number of rotatable bonds is 2. The van der Waals surface area contributed by atoms with Crippen molar-refractivity contribution in [3.63, 3.8) is 0 Å². The maximum atomic E-state index is 9.44. The number of hydrogen-bond donors (Lipinski definition) is 2. The van der Waals surface area contributed by atoms with Crippen molar-refractivity contribution in [2.24, 2.45) is 5.73 Å². The van der Waals surface area contributed by atoms with Crippen molar-refractivity contribution < 1.29 is 5.11 Å². The summed E-state index contributed by atoms with van der Waals surface area (Å²) in [7, 11) is 0. The van der Waals surface area contributed by atoms with Gasteiger partial charge in [-0.2, -0.15) is 0 Å². The molecule has 1 aromatic carbocycles. The molecule has 1 aliphatic rings. The lowest BCUT2D eigenvalue weighted by molar-refractivity contribution is 0.198. The van der Waals surface area contributed by atoms with E-state index in [4.69, 9.17) is 17.3 Å². The zero-order valence-electron chi connectivity index (χ0n) is 8.49. The van der Waals surface area contributed by atoms with Crippen molar-refractivity contribution in [1.82, 2.24) is 0 Å². The molecule has 3 nitrogen and oxygen atoms in total. The Balaban J connectivity index is 2.19. The van der Waals surface area contributed by atoms with Crippen molar-refractivity contribution in [3.8, 4) is 0 Å². The van der Waals surface area contributed by atoms with Crippen LogP contribution in [0, 0.1) is 0 Å². The summed E-state index contributed by atoms with van der Waals surface area (Å²) < 4.78 is 0. The number of benzene rings is 1. The normalized spacial score (nSPS) is 21.0. The SMILES string of the molecule is NCc1ccc(N2CCC(O)C2)cc1Cl. The van der Waals surface area contributed by atoms with Crippen molar-refractivity contribution in [3.05, 3.63) is 28.8 Å². The van der Waals surface area contributed by atoms with Gasteiger partial charge in [0, 0.05) is 30.3 Å². The van der Waals surface area contributed by atoms with Crippen LogP contribution in [0.3, 0.4) is 0 Å². The maximum absolute atomic E-state index is 9.44. The van der Waals surface area contributed by atoms with Crippen LogP contribution in [0.25, 0.3) is 0 Å². The molecule has 2 rings (SSSR count). The minimum Gasteiger partial charge on any atom is -0.391 e. The highest BCUT2D eigenvalue weighted by atomic mass is 35.5. The molecule has 15 heavy (non-hydrogen) atoms. The average Bonchev–Trinajstić information content (AvgIpc) is 2.65. The Morgan fingerprint density at radius 3 is 2.87 bits per heavy atom. The zero-order valence-corrected chi connectivity index (χ0v) is 9.24. The Kier molecular flexibility index (Phi) is 3.14. The smallest absolute Gasteiger partial charge is 0.0731 e. The van der Waals surface area contributed by atoms with Gasteiger partial charge < -0.3 is 15.7 Å². The van der Waals surface area contributed by atoms with Crippen LogP contribution < -0.4 is 10.6 Å². The summed E-state index contributed by atoms with van der Waals surface area (Å²) in [4.78, 5) is 2.14. The Morgan fingerprint density at radius 1 is 1.53 bits per heavy atom. The molecule has 0 spiro atoms. The van der Waals surface area contributed by atoms with Crippen LogP contribution in [0.15, 0.2) is 18.2 Å². The highest BCUT2D eigenvalue weighted by Crippen LogP contribution is 2.26. The van der Waals surface area contributed by atoms with Gasteiger partial charge in [0.25, 0.3) is 0 Å². The van der Waals surface area contributed by atoms with E-state index in [1.54, 1.807) is 0 Å². The number of nitrogens with zero attached hydrogens (tertiary/aromatic N) is 1. The third kappa shape index (κ3) is 2.25. The molecule has 0 radical (unpaired) electrons. The number of hydrogen-bond acceptors (Lipinski definition) is 3. The summed E-state index contributed by atoms with van der Waals surface area (Å²) in [5.41, 5.74) is 7.56. The second kappa shape index (κ2) is 4.39. The molecule has 0 saturated carbocycles. The molecular formula is C11H15ClN2O. The minimum absolute atomic E-state index is 0.210. The van der Waals surface area contributed by atoms with Crippen molar-refractivity contribution in [2.75, 3.05) is 18.0 Å². The zero-order chi connectivity index (χ0) is 10.8. The molecule has 3 N–H and O–H groups in total. The first-order valence-electron chi connectivity index (χ1n) is 5.12. The molecule has 0 bridgehead atoms. The number of anilines is 1. The molecule has 82 valence electrons. The van der Waals surface area contributed by atoms with Crippen molar-refractivity contribution >= 4 is 17.3 Å². The van der Waals surface area contributed by atoms with Crippen molar-refractivity contribution in [1.29, 1.82) is 0 Å². The minimum atomic E-state index is -0.210. The van der Waals surface area contributed by atoms with E-state index >= 15 is 0 Å². The Labute approximate surface area is 94.4 Å². The van der Waals surface area contributed by atoms with Gasteiger partial charge in [-0.3, -0.25) is 0 Å². The van der Waals surface area contributed by atoms with E-state index in [0.717, 1.165) is 24.2 Å². The topological polar surface area (TPSA) is 49.5 Å². The molecule has 1 fully saturated rings. The van der Waals surface area contributed by atoms with Gasteiger partial charge in [-0.1, -0.05) is 17.7 Å². The lowest BCUT2D eigenvalue weighted by Gasteiger charge is -2.18. The first-order chi connectivity index (χ1) is 7.20. The van der Waals surface area contributed by atoms with Crippen LogP contribution >= 0.6 is 11.6 Å². The molecule has 1 unspecified atom stereocenters. The predicted octanol–water partition coefficient (Wildman–Crippen LogP) is 1.37. The van der Waals surface area contributed by atoms with Crippen molar-refractivity contribution in [2.45, 2.75) is 19.1 Å². The first kappa shape index (κ1) is 10.7. The maximum Gasteiger partial charge on any atom is 0.0731 e. The van der Waals surface area contributed by atoms with Gasteiger partial charge in [-0.15, -0.1) is 0 Å². The summed E-state index contributed by atoms with van der Waals surface area (Å²) in [5.74, 6) is 0. The third-order valence-corrected chi connectivity index (χ3v) is 3.14. The lowest BCUT2D eigenvalue weighted by atomic mass is 10.2. The van der Waals surface area contributed by atoms with E-state index in [9.17, 15) is 5.11 Å². The molecule has 1 aromatic rings. The van der Waals surface area contributed by atoms with Crippen LogP contribution in [0.1, 0.15) is 12.0 Å². The second-order valence-corrected chi connectivity index (χ2v) is 4.28. The standard InChI is InChI=1S/C11H15ClN2O/c12-11-5-9(2-1-8(11)6-13)14-4-3-10(15)7-14/h1-2,5,10,15H,3-4,6-7,13H2. The molecular weight excluding hydrogens is 212 g/mol. The molecule has 1 saturated heterocycles. The van der Waals surface area contributed by atoms with Crippen LogP contribution in [0.5, 0.6) is 0 Å². The number of halogens is 1. The molecule has 1 atom stereocenters. The Morgan fingerprint density at radius 2 is 2.33 bits per heavy atom. The summed E-state index contributed by atoms with van der Waals surface area (Å²) in [6.45, 7) is 2.04. The fraction of sp³-hybridized carbons (Fsp3) is 0.455. The molecule has 1 heterocycles. The van der Waals surface area contributed by atoms with Gasteiger partial charge in [-0.05, 0) is 24.1 Å². The molecule has 4 heteroatoms. The highest BCUT2D eigenvalue weighted by Gasteiger charge is 2.20. The quantitative estimate of drug-likeness (QED) is 0.801. The fourth-order valence-electron chi connectivity index (χ4n) is 1.87. The molecule has 0 amide bonds. The van der Waals surface area contributed by atoms with E-state index < -0.39 is 0 Å². The van der Waals surface area contributed by atoms with Crippen LogP contribution in [0.4, 0.5) is 5.69 Å². The number of nitrogens with two attached hydrogens (primary N) is 1. The van der Waals surface area contributed by atoms with Crippen LogP contribution in [-0.4, -0.2) is 24.3 Å². The molecule has 0 aromatic heterocycles. The largest absolute Gasteiger partial charge is 0.391 e. The van der Waals surface area contributed by atoms with Crippen LogP contribution in [-0.2, 0) is 6.54 Å². The lowest BCUT2D eigenvalue weighted by Crippen LogP contribution is -2.21. The number of aliphatic hydroxyl groups is 1. The Bertz CT molecular complexity index is 356. The molecule has 1 aliphatic heterocycles. The summed E-state index contributed by atoms with van der Waals surface area (Å²) in [6, 6.07) is 5.87. The average molecular weight is 227 g/mol. The van der Waals surface area contributed by atoms with Gasteiger partial charge in [-0.25, -0.2) is 0 Å². The first-order valence-corrected chi connectivity index (χ1v) is 5.50. The second-order valence-electron chi connectivity index (χ2n) is 3.87. The third-order valence-electron chi connectivity index (χ3n) is 2.79. The Hall–Kier alpha value is -0.770. The van der Waals surface area contributed by atoms with E-state index in [1.807, 2.05) is 18.2 Å².